The molecule has 2 rings (SSSR count). The van der Waals surface area contributed by atoms with Crippen LogP contribution in [-0.4, -0.2) is 54.4 Å². The van der Waals surface area contributed by atoms with Crippen LogP contribution < -0.4 is 4.74 Å². The van der Waals surface area contributed by atoms with Crippen LogP contribution in [0.4, 0.5) is 17.6 Å². The molecule has 0 bridgehead atoms. The van der Waals surface area contributed by atoms with Gasteiger partial charge in [-0.3, -0.25) is 9.59 Å². The molecule has 1 aromatic carbocycles. The highest BCUT2D eigenvalue weighted by Crippen LogP contribution is 2.24. The van der Waals surface area contributed by atoms with Gasteiger partial charge in [0.2, 0.25) is 5.91 Å². The summed E-state index contributed by atoms with van der Waals surface area (Å²) in [6.45, 7) is -0.692. The van der Waals surface area contributed by atoms with E-state index in [9.17, 15) is 27.2 Å². The summed E-state index contributed by atoms with van der Waals surface area (Å²) in [4.78, 5) is 26.6. The second-order valence-corrected chi connectivity index (χ2v) is 5.17. The Bertz CT molecular complexity index is 608. The minimum atomic E-state index is -3.23. The lowest BCUT2D eigenvalue weighted by atomic mass is 10.1. The summed E-state index contributed by atoms with van der Waals surface area (Å²) < 4.78 is 56.0. The highest BCUT2D eigenvalue weighted by Gasteiger charge is 2.28. The summed E-state index contributed by atoms with van der Waals surface area (Å²) >= 11 is 0. The number of hydrogen-bond donors (Lipinski definition) is 0. The van der Waals surface area contributed by atoms with Crippen molar-refractivity contribution < 1.29 is 31.9 Å². The number of ether oxygens (including phenoxy) is 1. The maximum atomic E-state index is 13.9. The molecule has 24 heavy (non-hydrogen) atoms. The fourth-order valence-electron chi connectivity index (χ4n) is 2.47. The van der Waals surface area contributed by atoms with Gasteiger partial charge in [-0.1, -0.05) is 6.92 Å². The molecular weight excluding hydrogens is 332 g/mol. The molecule has 1 aliphatic heterocycles. The lowest BCUT2D eigenvalue weighted by Gasteiger charge is -2.34. The number of alkyl halides is 2. The molecule has 0 atom stereocenters. The van der Waals surface area contributed by atoms with Crippen LogP contribution >= 0.6 is 0 Å². The molecule has 1 fully saturated rings. The third-order valence-electron chi connectivity index (χ3n) is 3.68. The Morgan fingerprint density at radius 2 is 1.58 bits per heavy atom. The van der Waals surface area contributed by atoms with Crippen molar-refractivity contribution in [2.24, 2.45) is 0 Å². The van der Waals surface area contributed by atoms with Crippen molar-refractivity contribution in [3.05, 3.63) is 29.3 Å². The lowest BCUT2D eigenvalue weighted by Crippen LogP contribution is -2.50. The molecule has 0 saturated carbocycles. The van der Waals surface area contributed by atoms with E-state index in [-0.39, 0.29) is 32.1 Å². The maximum absolute atomic E-state index is 13.9. The summed E-state index contributed by atoms with van der Waals surface area (Å²) in [6.07, 6.45) is 0.336. The van der Waals surface area contributed by atoms with Crippen LogP contribution in [0, 0.1) is 11.6 Å². The fraction of sp³-hybridized carbons (Fsp3) is 0.467. The van der Waals surface area contributed by atoms with Crippen molar-refractivity contribution in [2.75, 3.05) is 26.2 Å². The largest absolute Gasteiger partial charge is 0.435 e. The summed E-state index contributed by atoms with van der Waals surface area (Å²) in [7, 11) is 0. The first kappa shape index (κ1) is 18.0. The molecule has 0 unspecified atom stereocenters. The van der Waals surface area contributed by atoms with Crippen molar-refractivity contribution in [3.63, 3.8) is 0 Å². The van der Waals surface area contributed by atoms with E-state index in [1.807, 2.05) is 0 Å². The third-order valence-corrected chi connectivity index (χ3v) is 3.68. The molecule has 0 spiro atoms. The van der Waals surface area contributed by atoms with Gasteiger partial charge >= 0.3 is 6.61 Å². The molecule has 9 heteroatoms. The molecule has 0 radical (unpaired) electrons. The van der Waals surface area contributed by atoms with Crippen molar-refractivity contribution in [3.8, 4) is 5.75 Å². The standard InChI is InChI=1S/C15H16F4N2O3/c1-2-12(22)20-3-5-21(6-4-20)14(23)13-10(16)7-9(8-11(13)17)24-15(18)19/h7-8,15H,2-6H2,1H3. The van der Waals surface area contributed by atoms with Gasteiger partial charge in [-0.25, -0.2) is 8.78 Å². The Hall–Kier alpha value is -2.32. The van der Waals surface area contributed by atoms with Crippen LogP contribution in [-0.2, 0) is 4.79 Å². The molecule has 2 amide bonds. The molecule has 1 saturated heterocycles. The van der Waals surface area contributed by atoms with Crippen molar-refractivity contribution in [1.29, 1.82) is 0 Å². The Balaban J connectivity index is 2.12. The lowest BCUT2D eigenvalue weighted by molar-refractivity contribution is -0.132. The zero-order chi connectivity index (χ0) is 17.9. The number of hydrogen-bond acceptors (Lipinski definition) is 3. The zero-order valence-electron chi connectivity index (χ0n) is 12.9. The Kier molecular flexibility index (Phi) is 5.63. The van der Waals surface area contributed by atoms with E-state index in [4.69, 9.17) is 0 Å². The van der Waals surface area contributed by atoms with E-state index in [1.165, 1.54) is 4.90 Å². The number of nitrogens with zero attached hydrogens (tertiary/aromatic N) is 2. The molecule has 1 aliphatic rings. The SMILES string of the molecule is CCC(=O)N1CCN(C(=O)c2c(F)cc(OC(F)F)cc2F)CC1. The van der Waals surface area contributed by atoms with E-state index in [2.05, 4.69) is 4.74 Å². The normalized spacial score (nSPS) is 14.9. The van der Waals surface area contributed by atoms with Crippen molar-refractivity contribution >= 4 is 11.8 Å². The first-order valence-electron chi connectivity index (χ1n) is 7.34. The minimum Gasteiger partial charge on any atom is -0.435 e. The average Bonchev–Trinajstić information content (AvgIpc) is 2.52. The molecule has 0 aliphatic carbocycles. The zero-order valence-corrected chi connectivity index (χ0v) is 12.9. The second kappa shape index (κ2) is 7.50. The molecular formula is C15H16F4N2O3. The molecule has 5 nitrogen and oxygen atoms in total. The second-order valence-electron chi connectivity index (χ2n) is 5.17. The first-order valence-corrected chi connectivity index (χ1v) is 7.34. The number of carbonyl (C=O) groups is 2. The van der Waals surface area contributed by atoms with Crippen LogP contribution in [0.2, 0.25) is 0 Å². The smallest absolute Gasteiger partial charge is 0.387 e. The summed E-state index contributed by atoms with van der Waals surface area (Å²) in [5.74, 6) is -4.20. The minimum absolute atomic E-state index is 0.0621. The first-order chi connectivity index (χ1) is 11.3. The summed E-state index contributed by atoms with van der Waals surface area (Å²) in [5.41, 5.74) is -0.827. The van der Waals surface area contributed by atoms with E-state index in [0.29, 0.717) is 18.6 Å². The number of rotatable bonds is 4. The molecule has 132 valence electrons. The topological polar surface area (TPSA) is 49.9 Å². The number of piperazine rings is 1. The average molecular weight is 348 g/mol. The van der Waals surface area contributed by atoms with Gasteiger partial charge in [0.05, 0.1) is 0 Å². The predicted molar refractivity (Wildman–Crippen MR) is 75.8 cm³/mol. The van der Waals surface area contributed by atoms with Gasteiger partial charge in [0, 0.05) is 44.7 Å². The number of halogens is 4. The van der Waals surface area contributed by atoms with Gasteiger partial charge < -0.3 is 14.5 Å². The highest BCUT2D eigenvalue weighted by molar-refractivity contribution is 5.95. The van der Waals surface area contributed by atoms with Crippen molar-refractivity contribution in [1.82, 2.24) is 9.80 Å². The Morgan fingerprint density at radius 3 is 2.04 bits per heavy atom. The van der Waals surface area contributed by atoms with E-state index in [1.54, 1.807) is 11.8 Å². The molecule has 1 aromatic rings. The Labute approximate surface area is 135 Å². The van der Waals surface area contributed by atoms with Crippen LogP contribution in [0.3, 0.4) is 0 Å². The van der Waals surface area contributed by atoms with Gasteiger partial charge in [0.1, 0.15) is 22.9 Å². The molecule has 1 heterocycles. The number of benzene rings is 1. The highest BCUT2D eigenvalue weighted by atomic mass is 19.3. The van der Waals surface area contributed by atoms with Crippen LogP contribution in [0.1, 0.15) is 23.7 Å². The summed E-state index contributed by atoms with van der Waals surface area (Å²) in [5, 5.41) is 0. The molecule has 0 N–H and O–H groups in total. The van der Waals surface area contributed by atoms with Gasteiger partial charge in [0.15, 0.2) is 0 Å². The Morgan fingerprint density at radius 1 is 1.08 bits per heavy atom. The fourth-order valence-corrected chi connectivity index (χ4v) is 2.47. The monoisotopic (exact) mass is 348 g/mol. The van der Waals surface area contributed by atoms with Crippen LogP contribution in [0.15, 0.2) is 12.1 Å². The van der Waals surface area contributed by atoms with Crippen molar-refractivity contribution in [2.45, 2.75) is 20.0 Å². The van der Waals surface area contributed by atoms with Gasteiger partial charge in [-0.05, 0) is 0 Å². The van der Waals surface area contributed by atoms with Gasteiger partial charge in [0.25, 0.3) is 5.91 Å². The van der Waals surface area contributed by atoms with Crippen LogP contribution in [0.5, 0.6) is 5.75 Å². The van der Waals surface area contributed by atoms with Gasteiger partial charge in [-0.2, -0.15) is 8.78 Å². The predicted octanol–water partition coefficient (Wildman–Crippen LogP) is 2.26. The van der Waals surface area contributed by atoms with Gasteiger partial charge in [-0.15, -0.1) is 0 Å². The molecule has 0 aromatic heterocycles. The van der Waals surface area contributed by atoms with E-state index >= 15 is 0 Å². The van der Waals surface area contributed by atoms with E-state index in [0.717, 1.165) is 0 Å². The number of amides is 2. The van der Waals surface area contributed by atoms with Crippen LogP contribution in [0.25, 0.3) is 0 Å². The third kappa shape index (κ3) is 3.95. The maximum Gasteiger partial charge on any atom is 0.387 e. The summed E-state index contributed by atoms with van der Waals surface area (Å²) in [6, 6.07) is 1.08. The number of carbonyl (C=O) groups excluding carboxylic acids is 2. The quantitative estimate of drug-likeness (QED) is 0.785. The van der Waals surface area contributed by atoms with E-state index < -0.39 is 35.5 Å².